The number of ether oxygens (including phenoxy) is 1. The van der Waals surface area contributed by atoms with Crippen LogP contribution in [0.3, 0.4) is 0 Å². The van der Waals surface area contributed by atoms with Crippen LogP contribution in [0.15, 0.2) is 36.4 Å². The number of hydrogen-bond donors (Lipinski definition) is 3. The van der Waals surface area contributed by atoms with Crippen LogP contribution in [0, 0.1) is 24.5 Å². The van der Waals surface area contributed by atoms with Gasteiger partial charge in [-0.1, -0.05) is 39.3 Å². The lowest BCUT2D eigenvalue weighted by molar-refractivity contribution is -0.0519. The zero-order valence-electron chi connectivity index (χ0n) is 24.3. The highest BCUT2D eigenvalue weighted by Crippen LogP contribution is 2.18. The molecule has 2 aromatic carbocycles. The van der Waals surface area contributed by atoms with Gasteiger partial charge in [-0.25, -0.2) is 8.78 Å². The van der Waals surface area contributed by atoms with Crippen molar-refractivity contribution in [2.45, 2.75) is 78.6 Å². The molecule has 0 saturated carbocycles. The molecule has 2 aromatic rings. The van der Waals surface area contributed by atoms with Crippen molar-refractivity contribution in [1.29, 1.82) is 0 Å². The second-order valence-electron chi connectivity index (χ2n) is 10.7. The molecule has 0 saturated heterocycles. The molecule has 0 bridgehead atoms. The number of nitrogens with zero attached hydrogens (tertiary/aromatic N) is 1. The normalized spacial score (nSPS) is 13.7. The molecule has 1 unspecified atom stereocenters. The molecule has 0 aromatic heterocycles. The Labute approximate surface area is 236 Å². The van der Waals surface area contributed by atoms with Gasteiger partial charge in [0, 0.05) is 25.8 Å². The molecule has 2 rings (SSSR count). The van der Waals surface area contributed by atoms with Crippen LogP contribution in [-0.2, 0) is 11.2 Å². The van der Waals surface area contributed by atoms with Crippen LogP contribution in [0.25, 0.3) is 0 Å². The fraction of sp³-hybridized carbons (Fsp3) is 0.548. The van der Waals surface area contributed by atoms with E-state index in [1.54, 1.807) is 23.1 Å². The summed E-state index contributed by atoms with van der Waals surface area (Å²) in [5.74, 6) is -2.13. The zero-order valence-corrected chi connectivity index (χ0v) is 24.3. The quantitative estimate of drug-likeness (QED) is 0.259. The minimum atomic E-state index is -1.52. The van der Waals surface area contributed by atoms with Gasteiger partial charge >= 0.3 is 0 Å². The Bertz CT molecular complexity index is 1080. The van der Waals surface area contributed by atoms with E-state index in [1.165, 1.54) is 0 Å². The first-order chi connectivity index (χ1) is 19.0. The van der Waals surface area contributed by atoms with E-state index in [1.807, 2.05) is 34.6 Å². The molecule has 0 aliphatic rings. The number of aliphatic hydroxyl groups excluding tert-OH is 2. The molecule has 9 heteroatoms. The van der Waals surface area contributed by atoms with Crippen molar-refractivity contribution in [3.63, 3.8) is 0 Å². The van der Waals surface area contributed by atoms with Gasteiger partial charge in [0.15, 0.2) is 0 Å². The van der Waals surface area contributed by atoms with Crippen LogP contribution in [0.5, 0.6) is 0 Å². The van der Waals surface area contributed by atoms with Crippen molar-refractivity contribution in [3.8, 4) is 0 Å². The van der Waals surface area contributed by atoms with Crippen LogP contribution in [0.1, 0.15) is 78.8 Å². The first-order valence-corrected chi connectivity index (χ1v) is 14.1. The summed E-state index contributed by atoms with van der Waals surface area (Å²) in [5, 5.41) is 24.4. The summed E-state index contributed by atoms with van der Waals surface area (Å²) in [6.45, 7) is 11.1. The summed E-state index contributed by atoms with van der Waals surface area (Å²) in [5.41, 5.74) is 1.32. The van der Waals surface area contributed by atoms with Crippen LogP contribution in [-0.4, -0.2) is 71.5 Å². The van der Waals surface area contributed by atoms with Crippen LogP contribution < -0.4 is 5.32 Å². The molecule has 40 heavy (non-hydrogen) atoms. The Balaban J connectivity index is 2.35. The minimum absolute atomic E-state index is 0.109. The van der Waals surface area contributed by atoms with Gasteiger partial charge < -0.3 is 25.2 Å². The van der Waals surface area contributed by atoms with E-state index >= 15 is 0 Å². The van der Waals surface area contributed by atoms with Gasteiger partial charge in [-0.05, 0) is 68.4 Å². The minimum Gasteiger partial charge on any atom is -0.388 e. The third-order valence-corrected chi connectivity index (χ3v) is 6.55. The maximum atomic E-state index is 13.9. The number of aliphatic hydroxyl groups is 2. The number of carbonyl (C=O) groups is 2. The smallest absolute Gasteiger partial charge is 0.254 e. The topological polar surface area (TPSA) is 99.1 Å². The third kappa shape index (κ3) is 10.3. The molecule has 2 amide bonds. The standard InChI is InChI=1S/C31H44F2N2O5/c1-6-11-35(12-7-2)31(39)26-14-21(5)8-9-25(26)30(38)34-27(17-22-15-23(32)18-24(33)16-22)29(37)28(36)19-40-13-10-20(3)4/h8-9,14-16,18,20,27-29,36-37H,6-7,10-13,17,19H2,1-5H3,(H,34,38)/t27-,28?,29+/m0/s1. The van der Waals surface area contributed by atoms with Gasteiger partial charge in [0.2, 0.25) is 0 Å². The summed E-state index contributed by atoms with van der Waals surface area (Å²) in [4.78, 5) is 28.7. The Morgan fingerprint density at radius 2 is 1.60 bits per heavy atom. The molecule has 0 radical (unpaired) electrons. The number of rotatable bonds is 16. The zero-order chi connectivity index (χ0) is 29.8. The number of aryl methyl sites for hydroxylation is 1. The molecule has 7 nitrogen and oxygen atoms in total. The van der Waals surface area contributed by atoms with E-state index in [0.717, 1.165) is 43.0 Å². The number of amides is 2. The highest BCUT2D eigenvalue weighted by molar-refractivity contribution is 6.07. The van der Waals surface area contributed by atoms with E-state index in [2.05, 4.69) is 5.32 Å². The second-order valence-corrected chi connectivity index (χ2v) is 10.7. The average Bonchev–Trinajstić information content (AvgIpc) is 2.88. The van der Waals surface area contributed by atoms with Crippen molar-refractivity contribution in [2.24, 2.45) is 5.92 Å². The lowest BCUT2D eigenvalue weighted by atomic mass is 9.96. The third-order valence-electron chi connectivity index (χ3n) is 6.55. The van der Waals surface area contributed by atoms with Crippen LogP contribution in [0.4, 0.5) is 8.78 Å². The summed E-state index contributed by atoms with van der Waals surface area (Å²) >= 11 is 0. The summed E-state index contributed by atoms with van der Waals surface area (Å²) in [7, 11) is 0. The van der Waals surface area contributed by atoms with Crippen LogP contribution >= 0.6 is 0 Å². The Morgan fingerprint density at radius 1 is 0.975 bits per heavy atom. The molecule has 0 aliphatic heterocycles. The number of hydrogen-bond acceptors (Lipinski definition) is 5. The molecule has 0 fully saturated rings. The van der Waals surface area contributed by atoms with Crippen molar-refractivity contribution in [1.82, 2.24) is 10.2 Å². The second kappa shape index (κ2) is 16.4. The first kappa shape index (κ1) is 33.3. The maximum absolute atomic E-state index is 13.9. The summed E-state index contributed by atoms with van der Waals surface area (Å²) in [6, 6.07) is 6.71. The number of benzene rings is 2. The van der Waals surface area contributed by atoms with E-state index in [0.29, 0.717) is 25.6 Å². The summed E-state index contributed by atoms with van der Waals surface area (Å²) in [6.07, 6.45) is -0.778. The predicted octanol–water partition coefficient (Wildman–Crippen LogP) is 4.66. The van der Waals surface area contributed by atoms with Crippen molar-refractivity contribution in [3.05, 3.63) is 70.3 Å². The van der Waals surface area contributed by atoms with Crippen LogP contribution in [0.2, 0.25) is 0 Å². The van der Waals surface area contributed by atoms with E-state index < -0.39 is 35.8 Å². The average molecular weight is 563 g/mol. The monoisotopic (exact) mass is 562 g/mol. The van der Waals surface area contributed by atoms with Gasteiger partial charge in [0.1, 0.15) is 23.8 Å². The highest BCUT2D eigenvalue weighted by atomic mass is 19.1. The van der Waals surface area contributed by atoms with Gasteiger partial charge in [-0.3, -0.25) is 9.59 Å². The van der Waals surface area contributed by atoms with Gasteiger partial charge in [0.25, 0.3) is 11.8 Å². The molecular weight excluding hydrogens is 518 g/mol. The largest absolute Gasteiger partial charge is 0.388 e. The molecule has 3 atom stereocenters. The molecule has 0 aliphatic carbocycles. The molecule has 3 N–H and O–H groups in total. The Morgan fingerprint density at radius 3 is 2.17 bits per heavy atom. The lowest BCUT2D eigenvalue weighted by Gasteiger charge is -2.29. The van der Waals surface area contributed by atoms with Gasteiger partial charge in [0.05, 0.1) is 23.8 Å². The van der Waals surface area contributed by atoms with Gasteiger partial charge in [-0.15, -0.1) is 0 Å². The number of nitrogens with one attached hydrogen (secondary N) is 1. The summed E-state index contributed by atoms with van der Waals surface area (Å²) < 4.78 is 33.3. The first-order valence-electron chi connectivity index (χ1n) is 14.1. The maximum Gasteiger partial charge on any atom is 0.254 e. The molecule has 0 heterocycles. The Kier molecular flexibility index (Phi) is 13.7. The van der Waals surface area contributed by atoms with Crippen molar-refractivity contribution < 1.29 is 33.3 Å². The van der Waals surface area contributed by atoms with E-state index in [4.69, 9.17) is 4.74 Å². The highest BCUT2D eigenvalue weighted by Gasteiger charge is 2.30. The molecule has 222 valence electrons. The number of carbonyl (C=O) groups excluding carboxylic acids is 2. The van der Waals surface area contributed by atoms with Crippen molar-refractivity contribution >= 4 is 11.8 Å². The Hall–Kier alpha value is -2.88. The molecule has 0 spiro atoms. The van der Waals surface area contributed by atoms with E-state index in [9.17, 15) is 28.6 Å². The fourth-order valence-electron chi connectivity index (χ4n) is 4.43. The number of halogens is 2. The molecular formula is C31H44F2N2O5. The van der Waals surface area contributed by atoms with Crippen molar-refractivity contribution in [2.75, 3.05) is 26.3 Å². The van der Waals surface area contributed by atoms with E-state index in [-0.39, 0.29) is 35.6 Å². The SMILES string of the molecule is CCCN(CCC)C(=O)c1cc(C)ccc1C(=O)N[C@@H](Cc1cc(F)cc(F)c1)[C@@H](O)C(O)COCCC(C)C. The lowest BCUT2D eigenvalue weighted by Crippen LogP contribution is -2.51. The fourth-order valence-corrected chi connectivity index (χ4v) is 4.43. The van der Waals surface area contributed by atoms with Gasteiger partial charge in [-0.2, -0.15) is 0 Å². The predicted molar refractivity (Wildman–Crippen MR) is 151 cm³/mol.